The van der Waals surface area contributed by atoms with Crippen molar-refractivity contribution < 1.29 is 18.7 Å². The van der Waals surface area contributed by atoms with E-state index in [0.717, 1.165) is 67.4 Å². The molecule has 8 heteroatoms. The minimum Gasteiger partial charge on any atom is -0.495 e. The molecule has 2 saturated heterocycles. The number of nitrogens with one attached hydrogen (secondary N) is 1. The van der Waals surface area contributed by atoms with E-state index in [4.69, 9.17) is 16.3 Å². The number of aromatic nitrogens is 1. The number of nitrogens with zero attached hydrogens (tertiary/aromatic N) is 2. The topological polar surface area (TPSA) is 63.6 Å². The van der Waals surface area contributed by atoms with Gasteiger partial charge in [0.15, 0.2) is 5.78 Å². The number of carbonyl (C=O) groups is 2. The van der Waals surface area contributed by atoms with E-state index in [0.29, 0.717) is 42.1 Å². The predicted octanol–water partition coefficient (Wildman–Crippen LogP) is 7.59. The molecule has 44 heavy (non-hydrogen) atoms. The summed E-state index contributed by atoms with van der Waals surface area (Å²) in [5.74, 6) is 0.531. The Morgan fingerprint density at radius 1 is 1.02 bits per heavy atom. The number of para-hydroxylation sites is 1. The van der Waals surface area contributed by atoms with Gasteiger partial charge < -0.3 is 14.6 Å². The highest BCUT2D eigenvalue weighted by Gasteiger charge is 2.40. The van der Waals surface area contributed by atoms with Gasteiger partial charge >= 0.3 is 0 Å². The molecule has 2 aliphatic heterocycles. The molecule has 2 bridgehead atoms. The third-order valence-corrected chi connectivity index (χ3v) is 9.66. The molecule has 230 valence electrons. The van der Waals surface area contributed by atoms with Gasteiger partial charge in [0.2, 0.25) is 0 Å². The lowest BCUT2D eigenvalue weighted by Gasteiger charge is -2.39. The molecule has 4 aromatic rings. The van der Waals surface area contributed by atoms with Crippen LogP contribution in [0.15, 0.2) is 66.9 Å². The second-order valence-electron chi connectivity index (χ2n) is 12.3. The van der Waals surface area contributed by atoms with Crippen LogP contribution in [0.3, 0.4) is 0 Å². The molecule has 3 atom stereocenters. The highest BCUT2D eigenvalue weighted by molar-refractivity contribution is 6.31. The van der Waals surface area contributed by atoms with E-state index >= 15 is 0 Å². The first kappa shape index (κ1) is 30.4. The van der Waals surface area contributed by atoms with Gasteiger partial charge in [0.05, 0.1) is 23.2 Å². The molecule has 0 saturated carbocycles. The van der Waals surface area contributed by atoms with Crippen molar-refractivity contribution in [2.75, 3.05) is 13.7 Å². The molecule has 0 aliphatic carbocycles. The summed E-state index contributed by atoms with van der Waals surface area (Å²) in [4.78, 5) is 28.9. The van der Waals surface area contributed by atoms with Gasteiger partial charge in [0.1, 0.15) is 11.6 Å². The SMILES string of the molecule is COc1cccc2c(C(=O)NCc3cccc(C)c3)cn(CCCN3[C@@H]4CC[C@H]3C[C@@H](CC(=O)c3ccc(F)c(Cl)c3)C4)c12. The summed E-state index contributed by atoms with van der Waals surface area (Å²) >= 11 is 5.91. The van der Waals surface area contributed by atoms with Gasteiger partial charge in [-0.15, -0.1) is 0 Å². The van der Waals surface area contributed by atoms with Crippen LogP contribution in [0.5, 0.6) is 5.75 Å². The van der Waals surface area contributed by atoms with Crippen molar-refractivity contribution in [2.24, 2.45) is 5.92 Å². The Morgan fingerprint density at radius 3 is 2.52 bits per heavy atom. The fourth-order valence-electron chi connectivity index (χ4n) is 7.34. The highest BCUT2D eigenvalue weighted by Crippen LogP contribution is 2.40. The number of halogens is 2. The van der Waals surface area contributed by atoms with E-state index in [1.54, 1.807) is 7.11 Å². The second-order valence-corrected chi connectivity index (χ2v) is 12.7. The minimum absolute atomic E-state index is 0.00571. The first-order chi connectivity index (χ1) is 21.3. The number of Topliss-reactive ketones (excluding diaryl/α,β-unsaturated/α-hetero) is 1. The van der Waals surface area contributed by atoms with E-state index in [1.807, 2.05) is 49.5 Å². The second kappa shape index (κ2) is 13.1. The van der Waals surface area contributed by atoms with Crippen LogP contribution < -0.4 is 10.1 Å². The van der Waals surface area contributed by atoms with E-state index in [1.165, 1.54) is 23.8 Å². The lowest BCUT2D eigenvalue weighted by Crippen LogP contribution is -2.43. The van der Waals surface area contributed by atoms with Gasteiger partial charge in [-0.25, -0.2) is 4.39 Å². The van der Waals surface area contributed by atoms with Gasteiger partial charge in [-0.3, -0.25) is 14.5 Å². The van der Waals surface area contributed by atoms with Gasteiger partial charge in [-0.05, 0) is 74.8 Å². The van der Waals surface area contributed by atoms with Gasteiger partial charge in [-0.2, -0.15) is 0 Å². The summed E-state index contributed by atoms with van der Waals surface area (Å²) in [6, 6.07) is 19.2. The molecule has 3 heterocycles. The number of aryl methyl sites for hydroxylation is 2. The maximum absolute atomic E-state index is 13.6. The summed E-state index contributed by atoms with van der Waals surface area (Å²) in [6.45, 7) is 4.25. The minimum atomic E-state index is -0.501. The molecule has 0 spiro atoms. The molecule has 3 aromatic carbocycles. The normalized spacial score (nSPS) is 19.8. The molecule has 0 unspecified atom stereocenters. The van der Waals surface area contributed by atoms with Crippen molar-refractivity contribution in [3.05, 3.63) is 100.0 Å². The number of piperidine rings is 1. The van der Waals surface area contributed by atoms with Crippen molar-refractivity contribution in [3.63, 3.8) is 0 Å². The summed E-state index contributed by atoms with van der Waals surface area (Å²) < 4.78 is 21.4. The average Bonchev–Trinajstić information content (AvgIpc) is 3.50. The Hall–Kier alpha value is -3.68. The van der Waals surface area contributed by atoms with Crippen LogP contribution in [0.1, 0.15) is 70.4 Å². The summed E-state index contributed by atoms with van der Waals surface area (Å²) in [5, 5.41) is 3.98. The summed E-state index contributed by atoms with van der Waals surface area (Å²) in [5.41, 5.74) is 4.32. The number of ether oxygens (including phenoxy) is 1. The molecule has 6 nitrogen and oxygen atoms in total. The Kier molecular flexibility index (Phi) is 9.06. The molecule has 0 radical (unpaired) electrons. The van der Waals surface area contributed by atoms with Gasteiger partial charge in [-0.1, -0.05) is 53.6 Å². The number of hydrogen-bond acceptors (Lipinski definition) is 4. The summed E-state index contributed by atoms with van der Waals surface area (Å²) in [7, 11) is 1.67. The van der Waals surface area contributed by atoms with Crippen molar-refractivity contribution in [2.45, 2.75) is 70.6 Å². The maximum atomic E-state index is 13.6. The van der Waals surface area contributed by atoms with E-state index in [2.05, 4.69) is 20.9 Å². The van der Waals surface area contributed by atoms with Crippen LogP contribution in [-0.2, 0) is 13.1 Å². The van der Waals surface area contributed by atoms with Crippen molar-refractivity contribution >= 4 is 34.2 Å². The fourth-order valence-corrected chi connectivity index (χ4v) is 7.52. The third kappa shape index (κ3) is 6.40. The van der Waals surface area contributed by atoms with Crippen LogP contribution in [0.4, 0.5) is 4.39 Å². The van der Waals surface area contributed by atoms with E-state index in [-0.39, 0.29) is 16.7 Å². The number of ketones is 1. The van der Waals surface area contributed by atoms with Crippen molar-refractivity contribution in [3.8, 4) is 5.75 Å². The molecule has 1 amide bonds. The van der Waals surface area contributed by atoms with Gasteiger partial charge in [0.25, 0.3) is 5.91 Å². The van der Waals surface area contributed by atoms with E-state index < -0.39 is 5.82 Å². The van der Waals surface area contributed by atoms with Gasteiger partial charge in [0, 0.05) is 55.3 Å². The third-order valence-electron chi connectivity index (χ3n) is 9.37. The number of amides is 1. The zero-order chi connectivity index (χ0) is 30.8. The number of methoxy groups -OCH3 is 1. The standard InChI is InChI=1S/C36H39ClFN3O3/c1-23-6-3-7-24(16-23)21-39-36(43)30-22-40(35-29(30)8-4-9-34(35)44-2)14-5-15-41-27-11-12-28(41)18-25(17-27)19-33(42)26-10-13-32(38)31(37)20-26/h3-4,6-10,13,16,20,22,25,27-28H,5,11-12,14-15,17-19,21H2,1-2H3,(H,39,43)/t25-,27+,28-. The Bertz CT molecular complexity index is 1670. The largest absolute Gasteiger partial charge is 0.495 e. The lowest BCUT2D eigenvalue weighted by atomic mass is 9.85. The zero-order valence-corrected chi connectivity index (χ0v) is 26.1. The number of fused-ring (bicyclic) bond motifs is 3. The maximum Gasteiger partial charge on any atom is 0.253 e. The quantitative estimate of drug-likeness (QED) is 0.177. The molecular formula is C36H39ClFN3O3. The number of hydrogen-bond donors (Lipinski definition) is 1. The average molecular weight is 616 g/mol. The summed E-state index contributed by atoms with van der Waals surface area (Å²) in [6.07, 6.45) is 7.70. The fraction of sp³-hybridized carbons (Fsp3) is 0.389. The molecule has 1 aromatic heterocycles. The van der Waals surface area contributed by atoms with E-state index in [9.17, 15) is 14.0 Å². The molecule has 2 fully saturated rings. The first-order valence-electron chi connectivity index (χ1n) is 15.5. The van der Waals surface area contributed by atoms with Crippen LogP contribution in [0.2, 0.25) is 5.02 Å². The Balaban J connectivity index is 1.09. The molecule has 6 rings (SSSR count). The number of benzene rings is 3. The van der Waals surface area contributed by atoms with Crippen LogP contribution >= 0.6 is 11.6 Å². The lowest BCUT2D eigenvalue weighted by molar-refractivity contribution is 0.0807. The number of carbonyl (C=O) groups excluding carboxylic acids is 2. The van der Waals surface area contributed by atoms with Crippen LogP contribution in [0.25, 0.3) is 10.9 Å². The van der Waals surface area contributed by atoms with Crippen molar-refractivity contribution in [1.82, 2.24) is 14.8 Å². The molecular weight excluding hydrogens is 577 g/mol. The zero-order valence-electron chi connectivity index (χ0n) is 25.3. The van der Waals surface area contributed by atoms with Crippen molar-refractivity contribution in [1.29, 1.82) is 0 Å². The smallest absolute Gasteiger partial charge is 0.253 e. The Labute approximate surface area is 263 Å². The van der Waals surface area contributed by atoms with Crippen LogP contribution in [-0.4, -0.2) is 46.9 Å². The molecule has 2 aliphatic rings. The molecule has 1 N–H and O–H groups in total. The first-order valence-corrected chi connectivity index (χ1v) is 15.9. The number of rotatable bonds is 11. The highest BCUT2D eigenvalue weighted by atomic mass is 35.5. The monoisotopic (exact) mass is 615 g/mol. The predicted molar refractivity (Wildman–Crippen MR) is 172 cm³/mol. The Morgan fingerprint density at radius 2 is 1.80 bits per heavy atom. The van der Waals surface area contributed by atoms with Crippen LogP contribution in [0, 0.1) is 18.7 Å².